The van der Waals surface area contributed by atoms with Gasteiger partial charge >= 0.3 is 0 Å². The number of rotatable bonds is 3. The van der Waals surface area contributed by atoms with E-state index in [1.165, 1.54) is 0 Å². The lowest BCUT2D eigenvalue weighted by atomic mass is 10.1. The van der Waals surface area contributed by atoms with Gasteiger partial charge in [0, 0.05) is 12.7 Å². The molecule has 0 spiro atoms. The molecule has 1 aromatic heterocycles. The van der Waals surface area contributed by atoms with E-state index >= 15 is 0 Å². The van der Waals surface area contributed by atoms with Gasteiger partial charge in [-0.3, -0.25) is 0 Å². The number of pyridine rings is 1. The molecule has 0 amide bonds. The Morgan fingerprint density at radius 1 is 1.50 bits per heavy atom. The highest BCUT2D eigenvalue weighted by atomic mass is 16.5. The van der Waals surface area contributed by atoms with Gasteiger partial charge in [-0.2, -0.15) is 0 Å². The first kappa shape index (κ1) is 13.3. The average Bonchev–Trinajstić information content (AvgIpc) is 2.39. The molecule has 1 fully saturated rings. The second kappa shape index (κ2) is 5.65. The maximum atomic E-state index is 9.19. The fourth-order valence-corrected chi connectivity index (χ4v) is 2.24. The summed E-state index contributed by atoms with van der Waals surface area (Å²) < 4.78 is 5.52. The van der Waals surface area contributed by atoms with E-state index in [1.807, 2.05) is 13.0 Å². The third kappa shape index (κ3) is 2.63. The van der Waals surface area contributed by atoms with E-state index < -0.39 is 0 Å². The molecule has 1 aliphatic rings. The third-order valence-electron chi connectivity index (χ3n) is 3.27. The highest BCUT2D eigenvalue weighted by molar-refractivity contribution is 5.48. The van der Waals surface area contributed by atoms with E-state index in [0.29, 0.717) is 13.2 Å². The second-order valence-electron chi connectivity index (χ2n) is 4.78. The van der Waals surface area contributed by atoms with Crippen LogP contribution >= 0.6 is 0 Å². The average molecular weight is 252 g/mol. The molecule has 1 aliphatic heterocycles. The Balaban J connectivity index is 2.23. The van der Waals surface area contributed by atoms with Crippen LogP contribution in [0.3, 0.4) is 0 Å². The van der Waals surface area contributed by atoms with Crippen molar-refractivity contribution >= 4 is 5.82 Å². The van der Waals surface area contributed by atoms with Crippen molar-refractivity contribution in [2.24, 2.45) is 0 Å². The first-order chi connectivity index (χ1) is 8.65. The Kier molecular flexibility index (Phi) is 4.16. The molecule has 2 rings (SSSR count). The van der Waals surface area contributed by atoms with Gasteiger partial charge in [0.05, 0.1) is 32.0 Å². The number of ether oxygens (including phenoxy) is 1. The number of aliphatic hydroxyl groups is 2. The predicted octanol–water partition coefficient (Wildman–Crippen LogP) is 0.468. The standard InChI is InChI=1S/C13H20N2O3/c1-9-3-11(6-16)4-14-13(9)15-5-12(7-17)18-8-10(15)2/h3-4,10,12,16-17H,5-8H2,1-2H3. The molecule has 5 nitrogen and oxygen atoms in total. The van der Waals surface area contributed by atoms with E-state index in [1.54, 1.807) is 6.20 Å². The number of morpholine rings is 1. The molecule has 0 saturated carbocycles. The Labute approximate surface area is 107 Å². The molecule has 2 heterocycles. The van der Waals surface area contributed by atoms with Gasteiger partial charge in [-0.15, -0.1) is 0 Å². The van der Waals surface area contributed by atoms with Gasteiger partial charge < -0.3 is 19.8 Å². The van der Waals surface area contributed by atoms with Crippen molar-refractivity contribution in [1.29, 1.82) is 0 Å². The zero-order valence-electron chi connectivity index (χ0n) is 10.8. The van der Waals surface area contributed by atoms with Crippen molar-refractivity contribution < 1.29 is 14.9 Å². The summed E-state index contributed by atoms with van der Waals surface area (Å²) in [6.45, 7) is 5.33. The highest BCUT2D eigenvalue weighted by Gasteiger charge is 2.27. The van der Waals surface area contributed by atoms with Gasteiger partial charge in [0.25, 0.3) is 0 Å². The molecule has 2 atom stereocenters. The molecule has 18 heavy (non-hydrogen) atoms. The van der Waals surface area contributed by atoms with E-state index in [2.05, 4.69) is 16.8 Å². The number of aryl methyl sites for hydroxylation is 1. The van der Waals surface area contributed by atoms with Crippen molar-refractivity contribution in [1.82, 2.24) is 4.98 Å². The summed E-state index contributed by atoms with van der Waals surface area (Å²) in [6, 6.07) is 2.18. The fraction of sp³-hybridized carbons (Fsp3) is 0.615. The lowest BCUT2D eigenvalue weighted by Crippen LogP contribution is -2.50. The van der Waals surface area contributed by atoms with Crippen molar-refractivity contribution in [3.63, 3.8) is 0 Å². The highest BCUT2D eigenvalue weighted by Crippen LogP contribution is 2.23. The third-order valence-corrected chi connectivity index (χ3v) is 3.27. The molecule has 0 aliphatic carbocycles. The van der Waals surface area contributed by atoms with E-state index in [0.717, 1.165) is 16.9 Å². The monoisotopic (exact) mass is 252 g/mol. The maximum absolute atomic E-state index is 9.19. The Hall–Kier alpha value is -1.17. The number of hydrogen-bond donors (Lipinski definition) is 2. The van der Waals surface area contributed by atoms with Crippen LogP contribution in [0.1, 0.15) is 18.1 Å². The Bertz CT molecular complexity index is 411. The number of hydrogen-bond acceptors (Lipinski definition) is 5. The lowest BCUT2D eigenvalue weighted by Gasteiger charge is -2.39. The normalized spacial score (nSPS) is 24.3. The van der Waals surface area contributed by atoms with Gasteiger partial charge in [-0.05, 0) is 31.0 Å². The molecule has 2 N–H and O–H groups in total. The first-order valence-corrected chi connectivity index (χ1v) is 6.21. The topological polar surface area (TPSA) is 65.8 Å². The largest absolute Gasteiger partial charge is 0.394 e. The Morgan fingerprint density at radius 3 is 2.89 bits per heavy atom. The summed E-state index contributed by atoms with van der Waals surface area (Å²) in [5, 5.41) is 18.3. The lowest BCUT2D eigenvalue weighted by molar-refractivity contribution is -0.0106. The van der Waals surface area contributed by atoms with Crippen LogP contribution < -0.4 is 4.90 Å². The number of anilines is 1. The summed E-state index contributed by atoms with van der Waals surface area (Å²) in [5.74, 6) is 0.904. The van der Waals surface area contributed by atoms with Gasteiger partial charge in [0.2, 0.25) is 0 Å². The molecular weight excluding hydrogens is 232 g/mol. The predicted molar refractivity (Wildman–Crippen MR) is 68.5 cm³/mol. The summed E-state index contributed by atoms with van der Waals surface area (Å²) in [7, 11) is 0. The summed E-state index contributed by atoms with van der Waals surface area (Å²) in [6.07, 6.45) is 1.54. The SMILES string of the molecule is Cc1cc(CO)cnc1N1CC(CO)OCC1C. The molecule has 1 aromatic rings. The van der Waals surface area contributed by atoms with Crippen molar-refractivity contribution in [3.8, 4) is 0 Å². The number of aliphatic hydroxyl groups excluding tert-OH is 2. The smallest absolute Gasteiger partial charge is 0.131 e. The molecular formula is C13H20N2O3. The molecule has 0 aromatic carbocycles. The van der Waals surface area contributed by atoms with Crippen LogP contribution in [0, 0.1) is 6.92 Å². The van der Waals surface area contributed by atoms with Crippen LogP contribution in [-0.4, -0.2) is 47.1 Å². The van der Waals surface area contributed by atoms with Crippen LogP contribution in [0.2, 0.25) is 0 Å². The van der Waals surface area contributed by atoms with Gasteiger partial charge in [-0.25, -0.2) is 4.98 Å². The summed E-state index contributed by atoms with van der Waals surface area (Å²) in [4.78, 5) is 6.57. The van der Waals surface area contributed by atoms with Crippen LogP contribution in [0.15, 0.2) is 12.3 Å². The molecule has 1 saturated heterocycles. The van der Waals surface area contributed by atoms with Crippen LogP contribution in [0.25, 0.3) is 0 Å². The van der Waals surface area contributed by atoms with E-state index in [9.17, 15) is 5.11 Å². The fourth-order valence-electron chi connectivity index (χ4n) is 2.24. The molecule has 0 radical (unpaired) electrons. The quantitative estimate of drug-likeness (QED) is 0.818. The zero-order chi connectivity index (χ0) is 13.1. The summed E-state index contributed by atoms with van der Waals surface area (Å²) in [5.41, 5.74) is 1.85. The first-order valence-electron chi connectivity index (χ1n) is 6.21. The second-order valence-corrected chi connectivity index (χ2v) is 4.78. The molecule has 0 bridgehead atoms. The maximum Gasteiger partial charge on any atom is 0.131 e. The van der Waals surface area contributed by atoms with Crippen molar-refractivity contribution in [2.75, 3.05) is 24.7 Å². The van der Waals surface area contributed by atoms with Gasteiger partial charge in [0.15, 0.2) is 0 Å². The van der Waals surface area contributed by atoms with E-state index in [4.69, 9.17) is 9.84 Å². The number of aromatic nitrogens is 1. The Morgan fingerprint density at radius 2 is 2.28 bits per heavy atom. The van der Waals surface area contributed by atoms with Crippen LogP contribution in [0.4, 0.5) is 5.82 Å². The minimum Gasteiger partial charge on any atom is -0.394 e. The summed E-state index contributed by atoms with van der Waals surface area (Å²) >= 11 is 0. The van der Waals surface area contributed by atoms with Crippen molar-refractivity contribution in [2.45, 2.75) is 32.6 Å². The van der Waals surface area contributed by atoms with Gasteiger partial charge in [-0.1, -0.05) is 0 Å². The minimum atomic E-state index is -0.153. The van der Waals surface area contributed by atoms with E-state index in [-0.39, 0.29) is 25.4 Å². The van der Waals surface area contributed by atoms with Crippen molar-refractivity contribution in [3.05, 3.63) is 23.4 Å². The van der Waals surface area contributed by atoms with Crippen LogP contribution in [-0.2, 0) is 11.3 Å². The zero-order valence-corrected chi connectivity index (χ0v) is 10.8. The molecule has 5 heteroatoms. The molecule has 100 valence electrons. The minimum absolute atomic E-state index is 0.00600. The molecule has 2 unspecified atom stereocenters. The van der Waals surface area contributed by atoms with Crippen LogP contribution in [0.5, 0.6) is 0 Å². The van der Waals surface area contributed by atoms with Gasteiger partial charge in [0.1, 0.15) is 5.82 Å². The number of nitrogens with zero attached hydrogens (tertiary/aromatic N) is 2.